The fourth-order valence-corrected chi connectivity index (χ4v) is 3.27. The number of rotatable bonds is 4. The van der Waals surface area contributed by atoms with Crippen molar-refractivity contribution < 1.29 is 9.90 Å². The Morgan fingerprint density at radius 2 is 2.05 bits per heavy atom. The molecule has 0 aliphatic rings. The van der Waals surface area contributed by atoms with Crippen LogP contribution in [0.1, 0.15) is 6.92 Å². The Bertz CT molecular complexity index is 832. The maximum atomic E-state index is 11.1. The molecule has 2 aromatic heterocycles. The molecule has 1 aromatic carbocycles. The summed E-state index contributed by atoms with van der Waals surface area (Å²) < 4.78 is 1.00. The standard InChI is InChI=1S/C15H12BrN3O2S/c1-8(15(20)21)19-13-12-11(6-22-14(12)18-7-17-13)9-2-4-10(16)5-3-9/h2-8H,1H3,(H,20,21)(H,17,18,19). The van der Waals surface area contributed by atoms with Gasteiger partial charge in [-0.1, -0.05) is 28.1 Å². The van der Waals surface area contributed by atoms with Gasteiger partial charge in [0.2, 0.25) is 0 Å². The molecule has 0 saturated carbocycles. The number of halogens is 1. The normalized spacial score (nSPS) is 12.3. The quantitative estimate of drug-likeness (QED) is 0.718. The molecule has 3 rings (SSSR count). The van der Waals surface area contributed by atoms with Crippen LogP contribution in [-0.2, 0) is 4.79 Å². The zero-order chi connectivity index (χ0) is 15.7. The van der Waals surface area contributed by atoms with Crippen molar-refractivity contribution >= 4 is 49.3 Å². The molecule has 0 radical (unpaired) electrons. The van der Waals surface area contributed by atoms with Gasteiger partial charge in [0, 0.05) is 15.4 Å². The summed E-state index contributed by atoms with van der Waals surface area (Å²) in [6.45, 7) is 1.59. The second-order valence-corrected chi connectivity index (χ2v) is 6.54. The molecule has 5 nitrogen and oxygen atoms in total. The average molecular weight is 378 g/mol. The molecule has 3 aromatic rings. The lowest BCUT2D eigenvalue weighted by atomic mass is 10.1. The maximum Gasteiger partial charge on any atom is 0.325 e. The number of hydrogen-bond donors (Lipinski definition) is 2. The minimum Gasteiger partial charge on any atom is -0.480 e. The number of aromatic nitrogens is 2. The van der Waals surface area contributed by atoms with Crippen molar-refractivity contribution in [2.24, 2.45) is 0 Å². The van der Waals surface area contributed by atoms with Gasteiger partial charge in [-0.15, -0.1) is 11.3 Å². The Morgan fingerprint density at radius 3 is 2.73 bits per heavy atom. The summed E-state index contributed by atoms with van der Waals surface area (Å²) in [6.07, 6.45) is 1.45. The summed E-state index contributed by atoms with van der Waals surface area (Å²) in [5.74, 6) is -0.383. The van der Waals surface area contributed by atoms with E-state index in [2.05, 4.69) is 31.2 Å². The van der Waals surface area contributed by atoms with Gasteiger partial charge in [0.15, 0.2) is 0 Å². The lowest BCUT2D eigenvalue weighted by Gasteiger charge is -2.11. The van der Waals surface area contributed by atoms with Gasteiger partial charge in [-0.2, -0.15) is 0 Å². The summed E-state index contributed by atoms with van der Waals surface area (Å²) in [6, 6.07) is 7.22. The van der Waals surface area contributed by atoms with Crippen molar-refractivity contribution in [1.29, 1.82) is 0 Å². The predicted octanol–water partition coefficient (Wildman–Crippen LogP) is 4.01. The van der Waals surface area contributed by atoms with Crippen LogP contribution in [0.5, 0.6) is 0 Å². The van der Waals surface area contributed by atoms with Crippen molar-refractivity contribution in [2.75, 3.05) is 5.32 Å². The van der Waals surface area contributed by atoms with E-state index in [0.29, 0.717) is 5.82 Å². The van der Waals surface area contributed by atoms with E-state index in [9.17, 15) is 4.79 Å². The van der Waals surface area contributed by atoms with Crippen LogP contribution in [0.25, 0.3) is 21.3 Å². The lowest BCUT2D eigenvalue weighted by Crippen LogP contribution is -2.26. The van der Waals surface area contributed by atoms with E-state index in [1.165, 1.54) is 17.7 Å². The molecule has 0 aliphatic heterocycles. The zero-order valence-corrected chi connectivity index (χ0v) is 14.0. The molecule has 112 valence electrons. The van der Waals surface area contributed by atoms with Gasteiger partial charge in [0.05, 0.1) is 5.39 Å². The van der Waals surface area contributed by atoms with Gasteiger partial charge in [-0.25, -0.2) is 9.97 Å². The number of hydrogen-bond acceptors (Lipinski definition) is 5. The molecule has 0 fully saturated rings. The van der Waals surface area contributed by atoms with Crippen molar-refractivity contribution in [1.82, 2.24) is 9.97 Å². The Kier molecular flexibility index (Phi) is 4.08. The number of fused-ring (bicyclic) bond motifs is 1. The molecule has 7 heteroatoms. The molecule has 0 amide bonds. The molecule has 0 spiro atoms. The van der Waals surface area contributed by atoms with Crippen molar-refractivity contribution in [3.05, 3.63) is 40.4 Å². The minimum atomic E-state index is -0.924. The zero-order valence-electron chi connectivity index (χ0n) is 11.6. The second kappa shape index (κ2) is 6.02. The van der Waals surface area contributed by atoms with Crippen LogP contribution in [-0.4, -0.2) is 27.1 Å². The first-order valence-corrected chi connectivity index (χ1v) is 8.21. The van der Waals surface area contributed by atoms with Crippen LogP contribution < -0.4 is 5.32 Å². The average Bonchev–Trinajstić information content (AvgIpc) is 2.93. The molecule has 1 unspecified atom stereocenters. The number of anilines is 1. The van der Waals surface area contributed by atoms with E-state index in [1.54, 1.807) is 6.92 Å². The fraction of sp³-hybridized carbons (Fsp3) is 0.133. The molecular formula is C15H12BrN3O2S. The molecular weight excluding hydrogens is 366 g/mol. The van der Waals surface area contributed by atoms with Crippen LogP contribution in [0.4, 0.5) is 5.82 Å². The highest BCUT2D eigenvalue weighted by Crippen LogP contribution is 2.36. The number of benzene rings is 1. The largest absolute Gasteiger partial charge is 0.480 e. The Labute approximate surface area is 139 Å². The van der Waals surface area contributed by atoms with E-state index >= 15 is 0 Å². The highest BCUT2D eigenvalue weighted by atomic mass is 79.9. The third-order valence-electron chi connectivity index (χ3n) is 3.25. The molecule has 22 heavy (non-hydrogen) atoms. The first-order valence-electron chi connectivity index (χ1n) is 6.53. The SMILES string of the molecule is CC(Nc1ncnc2scc(-c3ccc(Br)cc3)c12)C(=O)O. The molecule has 0 saturated heterocycles. The number of carboxylic acid groups (broad SMARTS) is 1. The molecule has 0 bridgehead atoms. The number of nitrogens with one attached hydrogen (secondary N) is 1. The second-order valence-electron chi connectivity index (χ2n) is 4.76. The Morgan fingerprint density at radius 1 is 1.32 bits per heavy atom. The summed E-state index contributed by atoms with van der Waals surface area (Å²) in [4.78, 5) is 20.4. The Balaban J connectivity index is 2.12. The Hall–Kier alpha value is -1.99. The highest BCUT2D eigenvalue weighted by Gasteiger charge is 2.17. The van der Waals surface area contributed by atoms with E-state index in [1.807, 2.05) is 29.6 Å². The van der Waals surface area contributed by atoms with Gasteiger partial charge < -0.3 is 10.4 Å². The molecule has 2 heterocycles. The topological polar surface area (TPSA) is 75.1 Å². The number of thiophene rings is 1. The van der Waals surface area contributed by atoms with Crippen LogP contribution in [0, 0.1) is 0 Å². The van der Waals surface area contributed by atoms with E-state index in [0.717, 1.165) is 25.8 Å². The number of aliphatic carboxylic acids is 1. The number of carboxylic acids is 1. The molecule has 0 aliphatic carbocycles. The summed E-state index contributed by atoms with van der Waals surface area (Å²) in [5.41, 5.74) is 2.03. The predicted molar refractivity (Wildman–Crippen MR) is 91.3 cm³/mol. The molecule has 1 atom stereocenters. The van der Waals surface area contributed by atoms with Crippen molar-refractivity contribution in [2.45, 2.75) is 13.0 Å². The summed E-state index contributed by atoms with van der Waals surface area (Å²) in [7, 11) is 0. The van der Waals surface area contributed by atoms with Gasteiger partial charge >= 0.3 is 5.97 Å². The minimum absolute atomic E-state index is 0.541. The molecule has 2 N–H and O–H groups in total. The van der Waals surface area contributed by atoms with Crippen LogP contribution in [0.3, 0.4) is 0 Å². The van der Waals surface area contributed by atoms with E-state index in [4.69, 9.17) is 5.11 Å². The smallest absolute Gasteiger partial charge is 0.325 e. The van der Waals surface area contributed by atoms with Gasteiger partial charge in [-0.05, 0) is 24.6 Å². The van der Waals surface area contributed by atoms with Crippen molar-refractivity contribution in [3.63, 3.8) is 0 Å². The first kappa shape index (κ1) is 14.9. The third-order valence-corrected chi connectivity index (χ3v) is 4.66. The van der Waals surface area contributed by atoms with Gasteiger partial charge in [-0.3, -0.25) is 4.79 Å². The lowest BCUT2D eigenvalue weighted by molar-refractivity contribution is -0.137. The first-order chi connectivity index (χ1) is 10.6. The maximum absolute atomic E-state index is 11.1. The van der Waals surface area contributed by atoms with Crippen LogP contribution in [0.15, 0.2) is 40.4 Å². The number of carbonyl (C=O) groups is 1. The monoisotopic (exact) mass is 377 g/mol. The van der Waals surface area contributed by atoms with Gasteiger partial charge in [0.25, 0.3) is 0 Å². The van der Waals surface area contributed by atoms with Crippen LogP contribution >= 0.6 is 27.3 Å². The van der Waals surface area contributed by atoms with E-state index in [-0.39, 0.29) is 0 Å². The number of nitrogens with zero attached hydrogens (tertiary/aromatic N) is 2. The fourth-order valence-electron chi connectivity index (χ4n) is 2.09. The summed E-state index contributed by atoms with van der Waals surface area (Å²) >= 11 is 4.93. The van der Waals surface area contributed by atoms with Crippen molar-refractivity contribution in [3.8, 4) is 11.1 Å². The summed E-state index contributed by atoms with van der Waals surface area (Å²) in [5, 5.41) is 14.9. The van der Waals surface area contributed by atoms with Crippen LogP contribution in [0.2, 0.25) is 0 Å². The highest BCUT2D eigenvalue weighted by molar-refractivity contribution is 9.10. The third kappa shape index (κ3) is 2.82. The van der Waals surface area contributed by atoms with E-state index < -0.39 is 12.0 Å². The van der Waals surface area contributed by atoms with Gasteiger partial charge in [0.1, 0.15) is 23.0 Å².